The highest BCUT2D eigenvalue weighted by Crippen LogP contribution is 2.36. The van der Waals surface area contributed by atoms with Crippen molar-refractivity contribution >= 4 is 29.1 Å². The highest BCUT2D eigenvalue weighted by molar-refractivity contribution is 6.35. The summed E-state index contributed by atoms with van der Waals surface area (Å²) >= 11 is 6.49. The molecule has 0 amide bonds. The molecule has 0 bridgehead atoms. The predicted octanol–water partition coefficient (Wildman–Crippen LogP) is 4.28. The third-order valence-corrected chi connectivity index (χ3v) is 4.87. The van der Waals surface area contributed by atoms with Crippen LogP contribution in [0.3, 0.4) is 0 Å². The highest BCUT2D eigenvalue weighted by Gasteiger charge is 2.34. The van der Waals surface area contributed by atoms with Gasteiger partial charge < -0.3 is 0 Å². The van der Waals surface area contributed by atoms with Crippen LogP contribution in [0.1, 0.15) is 36.6 Å². The monoisotopic (exact) mass is 377 g/mol. The van der Waals surface area contributed by atoms with Gasteiger partial charge >= 0.3 is 0 Å². The van der Waals surface area contributed by atoms with Crippen molar-refractivity contribution in [1.29, 1.82) is 0 Å². The van der Waals surface area contributed by atoms with Crippen LogP contribution in [-0.2, 0) is 10.3 Å². The van der Waals surface area contributed by atoms with E-state index in [9.17, 15) is 4.79 Å². The molecule has 0 fully saturated rings. The number of aromatic nitrogens is 3. The minimum atomic E-state index is -0.636. The molecule has 134 valence electrons. The summed E-state index contributed by atoms with van der Waals surface area (Å²) in [5, 5.41) is 9.20. The van der Waals surface area contributed by atoms with Gasteiger partial charge in [0.15, 0.2) is 5.82 Å². The maximum absolute atomic E-state index is 10.8. The molecule has 1 aromatic heterocycles. The number of nitrogens with zero attached hydrogens (tertiary/aromatic N) is 5. The van der Waals surface area contributed by atoms with E-state index in [-0.39, 0.29) is 0 Å². The van der Waals surface area contributed by atoms with Crippen molar-refractivity contribution in [2.45, 2.75) is 26.3 Å². The van der Waals surface area contributed by atoms with Crippen molar-refractivity contribution < 1.29 is 4.79 Å². The smallest absolute Gasteiger partial charge is 0.240 e. The summed E-state index contributed by atoms with van der Waals surface area (Å²) < 4.78 is 1.98. The van der Waals surface area contributed by atoms with E-state index >= 15 is 0 Å². The Morgan fingerprint density at radius 1 is 1.11 bits per heavy atom. The molecule has 0 unspecified atom stereocenters. The average Bonchev–Trinajstić information content (AvgIpc) is 2.99. The molecule has 6 nitrogen and oxygen atoms in total. The number of rotatable bonds is 2. The molecule has 7 heteroatoms. The van der Waals surface area contributed by atoms with Crippen molar-refractivity contribution in [3.8, 4) is 5.69 Å². The number of benzene rings is 2. The highest BCUT2D eigenvalue weighted by atomic mass is 35.5. The van der Waals surface area contributed by atoms with Crippen molar-refractivity contribution in [1.82, 2.24) is 14.8 Å². The predicted molar refractivity (Wildman–Crippen MR) is 104 cm³/mol. The van der Waals surface area contributed by atoms with Crippen LogP contribution in [0.25, 0.3) is 5.69 Å². The van der Waals surface area contributed by atoms with Gasteiger partial charge in [0.05, 0.1) is 17.1 Å². The van der Waals surface area contributed by atoms with Gasteiger partial charge in [-0.3, -0.25) is 9.56 Å². The molecule has 0 aliphatic carbocycles. The van der Waals surface area contributed by atoms with E-state index in [0.29, 0.717) is 16.4 Å². The summed E-state index contributed by atoms with van der Waals surface area (Å²) in [7, 11) is 0. The van der Waals surface area contributed by atoms with Crippen molar-refractivity contribution in [2.24, 2.45) is 9.98 Å². The van der Waals surface area contributed by atoms with E-state index in [4.69, 9.17) is 16.6 Å². The molecule has 2 heterocycles. The van der Waals surface area contributed by atoms with E-state index in [2.05, 4.69) is 15.2 Å². The molecule has 0 saturated carbocycles. The molecule has 0 saturated heterocycles. The van der Waals surface area contributed by atoms with Gasteiger partial charge in [0, 0.05) is 16.1 Å². The Kier molecular flexibility index (Phi) is 4.02. The number of aliphatic imine (C=N–C) groups is 2. The Bertz CT molecular complexity index is 1140. The van der Waals surface area contributed by atoms with Crippen LogP contribution in [0.2, 0.25) is 5.02 Å². The summed E-state index contributed by atoms with van der Waals surface area (Å²) in [6, 6.07) is 13.0. The van der Waals surface area contributed by atoms with E-state index < -0.39 is 5.54 Å². The van der Waals surface area contributed by atoms with Gasteiger partial charge in [-0.1, -0.05) is 29.8 Å². The molecular formula is C20H16ClN5O. The molecule has 1 aliphatic rings. The number of halogens is 1. The maximum atomic E-state index is 10.8. The number of isocyanates is 1. The fourth-order valence-electron chi connectivity index (χ4n) is 3.33. The molecular weight excluding hydrogens is 362 g/mol. The second kappa shape index (κ2) is 6.27. The molecule has 0 atom stereocenters. The summed E-state index contributed by atoms with van der Waals surface area (Å²) in [6.45, 7) is 5.87. The lowest BCUT2D eigenvalue weighted by Gasteiger charge is -2.18. The molecule has 0 radical (unpaired) electrons. The fourth-order valence-corrected chi connectivity index (χ4v) is 3.55. The third kappa shape index (κ3) is 2.79. The molecule has 4 rings (SSSR count). The summed E-state index contributed by atoms with van der Waals surface area (Å²) in [5.74, 6) is 1.48. The first-order valence-electron chi connectivity index (χ1n) is 8.42. The second-order valence-electron chi connectivity index (χ2n) is 6.81. The van der Waals surface area contributed by atoms with Crippen LogP contribution in [0.5, 0.6) is 0 Å². The average molecular weight is 378 g/mol. The van der Waals surface area contributed by atoms with Crippen LogP contribution in [-0.4, -0.2) is 26.6 Å². The number of fused-ring (bicyclic) bond motifs is 3. The molecule has 1 aliphatic heterocycles. The topological polar surface area (TPSA) is 72.5 Å². The van der Waals surface area contributed by atoms with Gasteiger partial charge in [-0.25, -0.2) is 4.79 Å². The molecule has 3 aromatic rings. The van der Waals surface area contributed by atoms with Crippen LogP contribution < -0.4 is 0 Å². The van der Waals surface area contributed by atoms with Crippen molar-refractivity contribution in [3.05, 3.63) is 70.3 Å². The third-order valence-electron chi connectivity index (χ3n) is 4.54. The first-order valence-corrected chi connectivity index (χ1v) is 8.80. The number of hydrogen-bond donors (Lipinski definition) is 0. The Labute approximate surface area is 161 Å². The van der Waals surface area contributed by atoms with Gasteiger partial charge in [-0.15, -0.1) is 10.2 Å². The Hall–Kier alpha value is -3.08. The number of aryl methyl sites for hydroxylation is 1. The summed E-state index contributed by atoms with van der Waals surface area (Å²) in [4.78, 5) is 19.5. The van der Waals surface area contributed by atoms with E-state index in [0.717, 1.165) is 28.5 Å². The Morgan fingerprint density at radius 2 is 1.89 bits per heavy atom. The lowest BCUT2D eigenvalue weighted by Crippen LogP contribution is -2.20. The van der Waals surface area contributed by atoms with Crippen molar-refractivity contribution in [3.63, 3.8) is 0 Å². The Balaban J connectivity index is 2.12. The minimum Gasteiger partial charge on any atom is -0.280 e. The summed E-state index contributed by atoms with van der Waals surface area (Å²) in [6.07, 6.45) is 1.59. The van der Waals surface area contributed by atoms with Crippen LogP contribution >= 0.6 is 11.6 Å². The van der Waals surface area contributed by atoms with Crippen LogP contribution in [0.4, 0.5) is 5.69 Å². The molecule has 0 spiro atoms. The maximum Gasteiger partial charge on any atom is 0.240 e. The zero-order valence-electron chi connectivity index (χ0n) is 15.1. The van der Waals surface area contributed by atoms with Gasteiger partial charge in [-0.2, -0.15) is 4.99 Å². The second-order valence-corrected chi connectivity index (χ2v) is 7.22. The quantitative estimate of drug-likeness (QED) is 0.494. The molecule has 0 N–H and O–H groups in total. The van der Waals surface area contributed by atoms with Gasteiger partial charge in [0.1, 0.15) is 11.4 Å². The first kappa shape index (κ1) is 17.3. The van der Waals surface area contributed by atoms with Gasteiger partial charge in [0.2, 0.25) is 6.08 Å². The van der Waals surface area contributed by atoms with Crippen LogP contribution in [0.15, 0.2) is 52.4 Å². The van der Waals surface area contributed by atoms with E-state index in [1.165, 1.54) is 0 Å². The van der Waals surface area contributed by atoms with Gasteiger partial charge in [0.25, 0.3) is 0 Å². The van der Waals surface area contributed by atoms with Gasteiger partial charge in [-0.05, 0) is 45.0 Å². The molecule has 27 heavy (non-hydrogen) atoms. The standard InChI is InChI=1S/C20H16ClN5O/c1-12-24-25-19-20(2,3)23-18(14-6-4-5-7-16(14)21)15-10-13(22-11-27)8-9-17(15)26(12)19/h4-10H,1-3H3. The largest absolute Gasteiger partial charge is 0.280 e. The lowest BCUT2D eigenvalue weighted by molar-refractivity contribution is 0.510. The van der Waals surface area contributed by atoms with E-state index in [1.807, 2.05) is 61.7 Å². The van der Waals surface area contributed by atoms with Crippen LogP contribution in [0, 0.1) is 6.92 Å². The fraction of sp³-hybridized carbons (Fsp3) is 0.200. The minimum absolute atomic E-state index is 0.496. The number of hydrogen-bond acceptors (Lipinski definition) is 5. The zero-order chi connectivity index (χ0) is 19.2. The Morgan fingerprint density at radius 3 is 2.63 bits per heavy atom. The van der Waals surface area contributed by atoms with E-state index in [1.54, 1.807) is 12.1 Å². The SMILES string of the molecule is Cc1nnc2n1-c1ccc(N=C=O)cc1C(c1ccccc1Cl)=NC2(C)C. The zero-order valence-corrected chi connectivity index (χ0v) is 15.8. The summed E-state index contributed by atoms with van der Waals surface area (Å²) in [5.41, 5.74) is 3.04. The lowest BCUT2D eigenvalue weighted by atomic mass is 9.99. The van der Waals surface area contributed by atoms with Crippen molar-refractivity contribution in [2.75, 3.05) is 0 Å². The first-order chi connectivity index (χ1) is 12.9. The normalized spacial score (nSPS) is 14.4. The molecule has 2 aromatic carbocycles. The number of carbonyl (C=O) groups excluding carboxylic acids is 1.